The van der Waals surface area contributed by atoms with Crippen LogP contribution in [0.15, 0.2) is 23.1 Å². The molecule has 0 aliphatic carbocycles. The molecule has 0 saturated carbocycles. The molecule has 0 unspecified atom stereocenters. The summed E-state index contributed by atoms with van der Waals surface area (Å²) in [6.07, 6.45) is 2.06. The largest absolute Gasteiger partial charge is 0.325 e. The lowest BCUT2D eigenvalue weighted by Crippen LogP contribution is -2.46. The van der Waals surface area contributed by atoms with Crippen LogP contribution in [0.4, 0.5) is 5.69 Å². The highest BCUT2D eigenvalue weighted by atomic mass is 32.2. The lowest BCUT2D eigenvalue weighted by Gasteiger charge is -2.32. The highest BCUT2D eigenvalue weighted by molar-refractivity contribution is 7.89. The zero-order valence-electron chi connectivity index (χ0n) is 16.0. The Labute approximate surface area is 156 Å². The summed E-state index contributed by atoms with van der Waals surface area (Å²) in [4.78, 5) is 14.6. The molecule has 0 aromatic heterocycles. The number of amides is 1. The van der Waals surface area contributed by atoms with Gasteiger partial charge in [0.05, 0.1) is 11.4 Å². The van der Waals surface area contributed by atoms with Crippen molar-refractivity contribution in [1.29, 1.82) is 0 Å². The maximum Gasteiger partial charge on any atom is 0.240 e. The summed E-state index contributed by atoms with van der Waals surface area (Å²) < 4.78 is 26.4. The highest BCUT2D eigenvalue weighted by Crippen LogP contribution is 2.20. The molecule has 0 spiro atoms. The van der Waals surface area contributed by atoms with Crippen molar-refractivity contribution >= 4 is 21.6 Å². The standard InChI is InChI=1S/C18H30N4O3S/c1-13(2)20-15-7-9-22(10-8-15)12-18(23)21-16-6-5-14(3)17(11-16)26(24,25)19-4/h5-6,11,13,15,19-20H,7-10,12H2,1-4H3,(H,21,23). The molecule has 1 fully saturated rings. The Kier molecular flexibility index (Phi) is 7.16. The van der Waals surface area contributed by atoms with Crippen molar-refractivity contribution in [3.05, 3.63) is 23.8 Å². The Morgan fingerprint density at radius 2 is 1.92 bits per heavy atom. The minimum absolute atomic E-state index is 0.128. The van der Waals surface area contributed by atoms with E-state index in [9.17, 15) is 13.2 Å². The van der Waals surface area contributed by atoms with Crippen LogP contribution in [-0.2, 0) is 14.8 Å². The third-order valence-corrected chi connectivity index (χ3v) is 6.11. The molecule has 2 rings (SSSR count). The fourth-order valence-corrected chi connectivity index (χ4v) is 4.20. The fraction of sp³-hybridized carbons (Fsp3) is 0.611. The van der Waals surface area contributed by atoms with Gasteiger partial charge in [0.2, 0.25) is 15.9 Å². The van der Waals surface area contributed by atoms with Crippen LogP contribution in [0.1, 0.15) is 32.3 Å². The number of sulfonamides is 1. The van der Waals surface area contributed by atoms with Crippen LogP contribution in [0.2, 0.25) is 0 Å². The van der Waals surface area contributed by atoms with E-state index in [2.05, 4.69) is 34.1 Å². The minimum atomic E-state index is -3.55. The first-order valence-corrected chi connectivity index (χ1v) is 10.5. The molecule has 0 bridgehead atoms. The van der Waals surface area contributed by atoms with Gasteiger partial charge in [0, 0.05) is 30.9 Å². The Bertz CT molecular complexity index is 726. The smallest absolute Gasteiger partial charge is 0.240 e. The topological polar surface area (TPSA) is 90.5 Å². The molecular formula is C18H30N4O3S. The number of carbonyl (C=O) groups excluding carboxylic acids is 1. The molecule has 1 heterocycles. The second kappa shape index (κ2) is 8.94. The van der Waals surface area contributed by atoms with Gasteiger partial charge in [0.15, 0.2) is 0 Å². The molecule has 1 aromatic carbocycles. The number of hydrogen-bond donors (Lipinski definition) is 3. The van der Waals surface area contributed by atoms with E-state index in [1.165, 1.54) is 13.1 Å². The average molecular weight is 383 g/mol. The van der Waals surface area contributed by atoms with E-state index in [-0.39, 0.29) is 10.8 Å². The van der Waals surface area contributed by atoms with Gasteiger partial charge in [0.1, 0.15) is 0 Å². The first kappa shape index (κ1) is 20.8. The monoisotopic (exact) mass is 382 g/mol. The van der Waals surface area contributed by atoms with Crippen molar-refractivity contribution in [3.63, 3.8) is 0 Å². The molecule has 146 valence electrons. The summed E-state index contributed by atoms with van der Waals surface area (Å²) in [5, 5.41) is 6.34. The number of aryl methyl sites for hydroxylation is 1. The number of piperidine rings is 1. The predicted molar refractivity (Wildman–Crippen MR) is 104 cm³/mol. The van der Waals surface area contributed by atoms with E-state index in [0.29, 0.717) is 29.9 Å². The molecule has 0 radical (unpaired) electrons. The Hall–Kier alpha value is -1.48. The summed E-state index contributed by atoms with van der Waals surface area (Å²) in [5.74, 6) is -0.128. The van der Waals surface area contributed by atoms with Crippen molar-refractivity contribution in [2.75, 3.05) is 32.0 Å². The van der Waals surface area contributed by atoms with E-state index >= 15 is 0 Å². The lowest BCUT2D eigenvalue weighted by molar-refractivity contribution is -0.117. The summed E-state index contributed by atoms with van der Waals surface area (Å²) in [7, 11) is -2.18. The van der Waals surface area contributed by atoms with Crippen LogP contribution in [-0.4, -0.2) is 58.0 Å². The molecular weight excluding hydrogens is 352 g/mol. The van der Waals surface area contributed by atoms with Gasteiger partial charge >= 0.3 is 0 Å². The van der Waals surface area contributed by atoms with Gasteiger partial charge in [-0.1, -0.05) is 19.9 Å². The quantitative estimate of drug-likeness (QED) is 0.661. The third kappa shape index (κ3) is 5.77. The second-order valence-electron chi connectivity index (χ2n) is 7.11. The number of rotatable bonds is 7. The van der Waals surface area contributed by atoms with Crippen molar-refractivity contribution in [1.82, 2.24) is 14.9 Å². The Morgan fingerprint density at radius 1 is 1.27 bits per heavy atom. The van der Waals surface area contributed by atoms with E-state index in [1.807, 2.05) is 0 Å². The first-order valence-electron chi connectivity index (χ1n) is 9.03. The SMILES string of the molecule is CNS(=O)(=O)c1cc(NC(=O)CN2CCC(NC(C)C)CC2)ccc1C. The van der Waals surface area contributed by atoms with E-state index < -0.39 is 10.0 Å². The number of nitrogens with zero attached hydrogens (tertiary/aromatic N) is 1. The molecule has 8 heteroatoms. The molecule has 1 amide bonds. The van der Waals surface area contributed by atoms with Crippen LogP contribution in [0.5, 0.6) is 0 Å². The van der Waals surface area contributed by atoms with Gasteiger partial charge in [-0.3, -0.25) is 9.69 Å². The summed E-state index contributed by atoms with van der Waals surface area (Å²) in [5.41, 5.74) is 1.13. The molecule has 0 atom stereocenters. The lowest BCUT2D eigenvalue weighted by atomic mass is 10.0. The third-order valence-electron chi connectivity index (χ3n) is 4.55. The van der Waals surface area contributed by atoms with Gasteiger partial charge in [-0.05, 0) is 44.5 Å². The van der Waals surface area contributed by atoms with E-state index in [1.54, 1.807) is 19.1 Å². The predicted octanol–water partition coefficient (Wildman–Crippen LogP) is 1.30. The maximum atomic E-state index is 12.3. The normalized spacial score (nSPS) is 16.8. The fourth-order valence-electron chi connectivity index (χ4n) is 3.21. The van der Waals surface area contributed by atoms with E-state index in [4.69, 9.17) is 0 Å². The first-order chi connectivity index (χ1) is 12.2. The zero-order chi connectivity index (χ0) is 19.3. The molecule has 1 aliphatic rings. The van der Waals surface area contributed by atoms with Crippen molar-refractivity contribution in [2.45, 2.75) is 50.6 Å². The number of carbonyl (C=O) groups is 1. The molecule has 3 N–H and O–H groups in total. The van der Waals surface area contributed by atoms with Gasteiger partial charge in [-0.2, -0.15) is 0 Å². The Morgan fingerprint density at radius 3 is 2.50 bits per heavy atom. The van der Waals surface area contributed by atoms with Gasteiger partial charge in [0.25, 0.3) is 0 Å². The number of likely N-dealkylation sites (tertiary alicyclic amines) is 1. The van der Waals surface area contributed by atoms with Crippen molar-refractivity contribution < 1.29 is 13.2 Å². The molecule has 1 aromatic rings. The minimum Gasteiger partial charge on any atom is -0.325 e. The number of hydrogen-bond acceptors (Lipinski definition) is 5. The van der Waals surface area contributed by atoms with E-state index in [0.717, 1.165) is 25.9 Å². The average Bonchev–Trinajstić information content (AvgIpc) is 2.57. The second-order valence-corrected chi connectivity index (χ2v) is 8.96. The van der Waals surface area contributed by atoms with Crippen LogP contribution in [0, 0.1) is 6.92 Å². The van der Waals surface area contributed by atoms with Crippen LogP contribution in [0.3, 0.4) is 0 Å². The van der Waals surface area contributed by atoms with Crippen LogP contribution >= 0.6 is 0 Å². The summed E-state index contributed by atoms with van der Waals surface area (Å²) >= 11 is 0. The number of anilines is 1. The molecule has 26 heavy (non-hydrogen) atoms. The molecule has 7 nitrogen and oxygen atoms in total. The molecule has 1 saturated heterocycles. The Balaban J connectivity index is 1.92. The summed E-state index contributed by atoms with van der Waals surface area (Å²) in [6, 6.07) is 5.90. The van der Waals surface area contributed by atoms with Crippen molar-refractivity contribution in [3.8, 4) is 0 Å². The van der Waals surface area contributed by atoms with Crippen LogP contribution in [0.25, 0.3) is 0 Å². The highest BCUT2D eigenvalue weighted by Gasteiger charge is 2.21. The molecule has 1 aliphatic heterocycles. The summed E-state index contributed by atoms with van der Waals surface area (Å²) in [6.45, 7) is 8.09. The van der Waals surface area contributed by atoms with Crippen molar-refractivity contribution in [2.24, 2.45) is 0 Å². The van der Waals surface area contributed by atoms with Gasteiger partial charge in [-0.25, -0.2) is 13.1 Å². The maximum absolute atomic E-state index is 12.3. The number of nitrogens with one attached hydrogen (secondary N) is 3. The van der Waals surface area contributed by atoms with Gasteiger partial charge in [-0.15, -0.1) is 0 Å². The number of benzene rings is 1. The zero-order valence-corrected chi connectivity index (χ0v) is 16.8. The van der Waals surface area contributed by atoms with Gasteiger partial charge < -0.3 is 10.6 Å². The van der Waals surface area contributed by atoms with Crippen LogP contribution < -0.4 is 15.4 Å².